The van der Waals surface area contributed by atoms with Crippen LogP contribution < -0.4 is 0 Å². The van der Waals surface area contributed by atoms with Crippen LogP contribution in [0.5, 0.6) is 0 Å². The molecule has 3 rings (SSSR count). The van der Waals surface area contributed by atoms with Gasteiger partial charge in [-0.2, -0.15) is 0 Å². The normalized spacial score (nSPS) is 12.2. The molecule has 0 aromatic heterocycles. The van der Waals surface area contributed by atoms with Crippen LogP contribution in [0.25, 0.3) is 11.1 Å². The van der Waals surface area contributed by atoms with Crippen molar-refractivity contribution < 1.29 is 61.6 Å². The maximum Gasteiger partial charge on any atom is 0.409 e. The fourth-order valence-corrected chi connectivity index (χ4v) is 7.17. The van der Waals surface area contributed by atoms with Gasteiger partial charge in [-0.15, -0.1) is 0 Å². The Morgan fingerprint density at radius 2 is 0.692 bits per heavy atom. The highest BCUT2D eigenvalue weighted by Gasteiger charge is 2.29. The number of ether oxygens (including phenoxy) is 12. The first kappa shape index (κ1) is 56.6. The van der Waals surface area contributed by atoms with Crippen molar-refractivity contribution in [3.63, 3.8) is 0 Å². The van der Waals surface area contributed by atoms with E-state index in [-0.39, 0.29) is 12.0 Å². The van der Waals surface area contributed by atoms with Crippen LogP contribution in [-0.2, 0) is 56.8 Å². The minimum absolute atomic E-state index is 0.0382. The van der Waals surface area contributed by atoms with Crippen LogP contribution in [0.2, 0.25) is 0 Å². The summed E-state index contributed by atoms with van der Waals surface area (Å²) >= 11 is 0. The molecule has 372 valence electrons. The molecule has 2 aromatic rings. The number of fused-ring (bicyclic) bond motifs is 3. The zero-order chi connectivity index (χ0) is 45.9. The number of carbonyl (C=O) groups excluding carboxylic acids is 1. The first-order valence-corrected chi connectivity index (χ1v) is 24.6. The van der Waals surface area contributed by atoms with Crippen LogP contribution in [0.1, 0.15) is 94.6 Å². The van der Waals surface area contributed by atoms with Crippen LogP contribution in [0, 0.1) is 0 Å². The number of hydrogen-bond donors (Lipinski definition) is 0. The van der Waals surface area contributed by atoms with Crippen molar-refractivity contribution in [3.05, 3.63) is 59.7 Å². The Balaban J connectivity index is 0.919. The second-order valence-corrected chi connectivity index (χ2v) is 16.0. The molecule has 2 aromatic carbocycles. The van der Waals surface area contributed by atoms with Gasteiger partial charge in [0.1, 0.15) is 6.61 Å². The second kappa shape index (κ2) is 41.5. The van der Waals surface area contributed by atoms with E-state index in [0.717, 1.165) is 13.0 Å². The maximum atomic E-state index is 12.6. The summed E-state index contributed by atoms with van der Waals surface area (Å²) < 4.78 is 66.9. The SMILES string of the molecule is CCCCCCCCCCCCCOCCOCCOCCOCCOCCOCCOCCOCCOCCOCCOCCN(C)C(=O)OCC1c2ccccc2-c2ccccc21. The maximum absolute atomic E-state index is 12.6. The summed E-state index contributed by atoms with van der Waals surface area (Å²) in [7, 11) is 1.72. The van der Waals surface area contributed by atoms with Crippen molar-refractivity contribution in [3.8, 4) is 11.1 Å². The fourth-order valence-electron chi connectivity index (χ4n) is 7.17. The summed E-state index contributed by atoms with van der Waals surface area (Å²) in [4.78, 5) is 14.2. The van der Waals surface area contributed by atoms with Crippen LogP contribution >= 0.6 is 0 Å². The number of nitrogens with zero attached hydrogens (tertiary/aromatic N) is 1. The van der Waals surface area contributed by atoms with Crippen molar-refractivity contribution >= 4 is 6.09 Å². The number of hydrogen-bond acceptors (Lipinski definition) is 13. The lowest BCUT2D eigenvalue weighted by Crippen LogP contribution is -2.32. The minimum Gasteiger partial charge on any atom is -0.448 e. The Morgan fingerprint density at radius 3 is 1.05 bits per heavy atom. The Bertz CT molecular complexity index is 1340. The van der Waals surface area contributed by atoms with E-state index in [9.17, 15) is 4.79 Å². The van der Waals surface area contributed by atoms with E-state index in [4.69, 9.17) is 56.8 Å². The zero-order valence-corrected chi connectivity index (χ0v) is 40.2. The molecule has 0 saturated carbocycles. The molecule has 0 fully saturated rings. The van der Waals surface area contributed by atoms with E-state index >= 15 is 0 Å². The molecule has 0 spiro atoms. The first-order valence-electron chi connectivity index (χ1n) is 24.6. The summed E-state index contributed by atoms with van der Waals surface area (Å²) in [5.74, 6) is 0.0382. The average Bonchev–Trinajstić information content (AvgIpc) is 3.65. The molecule has 1 aliphatic carbocycles. The van der Waals surface area contributed by atoms with Crippen molar-refractivity contribution in [1.82, 2.24) is 4.90 Å². The highest BCUT2D eigenvalue weighted by molar-refractivity contribution is 5.79. The molecule has 0 N–H and O–H groups in total. The fraction of sp³-hybridized carbons (Fsp3) is 0.745. The topological polar surface area (TPSA) is 131 Å². The number of carbonyl (C=O) groups is 1. The molecule has 0 bridgehead atoms. The summed E-state index contributed by atoms with van der Waals surface area (Å²) in [6.45, 7) is 14.5. The van der Waals surface area contributed by atoms with E-state index in [1.54, 1.807) is 7.05 Å². The molecule has 0 radical (unpaired) electrons. The molecule has 65 heavy (non-hydrogen) atoms. The molecule has 0 atom stereocenters. The van der Waals surface area contributed by atoms with E-state index in [2.05, 4.69) is 31.2 Å². The smallest absolute Gasteiger partial charge is 0.409 e. The highest BCUT2D eigenvalue weighted by atomic mass is 16.6. The standard InChI is InChI=1S/C51H85NO13/c1-3-4-5-6-7-8-9-10-11-12-17-23-54-25-27-56-29-31-58-33-35-60-37-39-62-41-43-64-44-42-63-40-38-61-36-34-59-32-30-57-28-26-55-24-22-52(2)51(53)65-45-50-48-20-15-13-18-46(48)47-19-14-16-21-49(47)50/h13-16,18-21,50H,3-12,17,22-45H2,1-2H3. The molecule has 14 heteroatoms. The molecule has 0 unspecified atom stereocenters. The molecule has 14 nitrogen and oxygen atoms in total. The number of benzene rings is 2. The first-order chi connectivity index (χ1) is 32.2. The lowest BCUT2D eigenvalue weighted by atomic mass is 9.98. The third kappa shape index (κ3) is 28.9. The van der Waals surface area contributed by atoms with Gasteiger partial charge < -0.3 is 61.7 Å². The molecular weight excluding hydrogens is 835 g/mol. The van der Waals surface area contributed by atoms with Crippen molar-refractivity contribution in [1.29, 1.82) is 0 Å². The zero-order valence-electron chi connectivity index (χ0n) is 40.2. The van der Waals surface area contributed by atoms with E-state index < -0.39 is 0 Å². The van der Waals surface area contributed by atoms with Gasteiger partial charge in [0, 0.05) is 26.1 Å². The predicted octanol–water partition coefficient (Wildman–Crippen LogP) is 8.36. The minimum atomic E-state index is -0.363. The number of amides is 1. The van der Waals surface area contributed by atoms with E-state index in [0.29, 0.717) is 152 Å². The van der Waals surface area contributed by atoms with E-state index in [1.807, 2.05) is 24.3 Å². The molecule has 0 saturated heterocycles. The number of likely N-dealkylation sites (N-methyl/N-ethyl adjacent to an activating group) is 1. The van der Waals surface area contributed by atoms with Crippen LogP contribution in [-0.4, -0.2) is 177 Å². The third-order valence-electron chi connectivity index (χ3n) is 10.8. The monoisotopic (exact) mass is 920 g/mol. The van der Waals surface area contributed by atoms with Gasteiger partial charge in [-0.1, -0.05) is 120 Å². The van der Waals surface area contributed by atoms with Gasteiger partial charge in [-0.25, -0.2) is 4.79 Å². The quantitative estimate of drug-likeness (QED) is 0.0590. The van der Waals surface area contributed by atoms with Crippen LogP contribution in [0.3, 0.4) is 0 Å². The molecule has 1 aliphatic rings. The van der Waals surface area contributed by atoms with Crippen molar-refractivity contribution in [2.45, 2.75) is 83.5 Å². The second-order valence-electron chi connectivity index (χ2n) is 16.0. The summed E-state index contributed by atoms with van der Waals surface area (Å²) in [6, 6.07) is 16.6. The molecular formula is C51H85NO13. The van der Waals surface area contributed by atoms with Crippen LogP contribution in [0.4, 0.5) is 4.79 Å². The van der Waals surface area contributed by atoms with Gasteiger partial charge in [0.25, 0.3) is 0 Å². The summed E-state index contributed by atoms with van der Waals surface area (Å²) in [6.07, 6.45) is 14.5. The van der Waals surface area contributed by atoms with Gasteiger partial charge in [0.05, 0.1) is 139 Å². The number of unbranched alkanes of at least 4 members (excludes halogenated alkanes) is 10. The Kier molecular flexibility index (Phi) is 36.1. The summed E-state index contributed by atoms with van der Waals surface area (Å²) in [5, 5.41) is 0. The average molecular weight is 920 g/mol. The van der Waals surface area contributed by atoms with Crippen molar-refractivity contribution in [2.75, 3.05) is 166 Å². The largest absolute Gasteiger partial charge is 0.448 e. The third-order valence-corrected chi connectivity index (χ3v) is 10.8. The number of rotatable bonds is 47. The molecule has 0 aliphatic heterocycles. The lowest BCUT2D eigenvalue weighted by Gasteiger charge is -2.19. The lowest BCUT2D eigenvalue weighted by molar-refractivity contribution is -0.0276. The molecule has 1 amide bonds. The van der Waals surface area contributed by atoms with Crippen LogP contribution in [0.15, 0.2) is 48.5 Å². The predicted molar refractivity (Wildman–Crippen MR) is 253 cm³/mol. The Labute approximate surface area is 391 Å². The van der Waals surface area contributed by atoms with Gasteiger partial charge in [0.15, 0.2) is 0 Å². The highest BCUT2D eigenvalue weighted by Crippen LogP contribution is 2.44. The Morgan fingerprint density at radius 1 is 0.400 bits per heavy atom. The summed E-state index contributed by atoms with van der Waals surface area (Å²) in [5.41, 5.74) is 4.80. The van der Waals surface area contributed by atoms with Gasteiger partial charge >= 0.3 is 6.09 Å². The van der Waals surface area contributed by atoms with Gasteiger partial charge in [0.2, 0.25) is 0 Å². The van der Waals surface area contributed by atoms with Crippen molar-refractivity contribution in [2.24, 2.45) is 0 Å². The molecule has 0 heterocycles. The Hall–Kier alpha value is -2.73. The van der Waals surface area contributed by atoms with Gasteiger partial charge in [-0.05, 0) is 28.7 Å². The van der Waals surface area contributed by atoms with Gasteiger partial charge in [-0.3, -0.25) is 0 Å². The van der Waals surface area contributed by atoms with E-state index in [1.165, 1.54) is 91.4 Å².